The third-order valence-electron chi connectivity index (χ3n) is 2.91. The minimum atomic E-state index is -0.282. The first-order valence-electron chi connectivity index (χ1n) is 5.20. The summed E-state index contributed by atoms with van der Waals surface area (Å²) in [6, 6.07) is 4.45. The molecule has 4 heteroatoms. The zero-order valence-corrected chi connectivity index (χ0v) is 10.2. The smallest absolute Gasteiger partial charge is 0.142 e. The number of benzene rings is 1. The molecule has 0 fully saturated rings. The molecule has 0 spiro atoms. The maximum Gasteiger partial charge on any atom is 0.142 e. The standard InChI is InChI=1S/C12H19FN2O/c1-12(2,8-14)15(3)10-7-9(13)5-6-11(10)16-4/h5-7H,8,14H2,1-4H3. The molecule has 3 nitrogen and oxygen atoms in total. The molecular weight excluding hydrogens is 207 g/mol. The average Bonchev–Trinajstić information content (AvgIpc) is 2.28. The Balaban J connectivity index is 3.16. The second-order valence-corrected chi connectivity index (χ2v) is 4.39. The first-order chi connectivity index (χ1) is 7.42. The van der Waals surface area contributed by atoms with Crippen molar-refractivity contribution >= 4 is 5.69 Å². The predicted octanol–water partition coefficient (Wildman–Crippen LogP) is 2.01. The van der Waals surface area contributed by atoms with Crippen molar-refractivity contribution in [3.05, 3.63) is 24.0 Å². The van der Waals surface area contributed by atoms with Crippen LogP contribution in [-0.4, -0.2) is 26.2 Å². The first-order valence-corrected chi connectivity index (χ1v) is 5.20. The molecule has 0 atom stereocenters. The van der Waals surface area contributed by atoms with Crippen LogP contribution < -0.4 is 15.4 Å². The van der Waals surface area contributed by atoms with Crippen LogP contribution in [0.2, 0.25) is 0 Å². The molecule has 0 aliphatic rings. The van der Waals surface area contributed by atoms with Gasteiger partial charge in [-0.1, -0.05) is 0 Å². The summed E-state index contributed by atoms with van der Waals surface area (Å²) in [6.45, 7) is 4.47. The summed E-state index contributed by atoms with van der Waals surface area (Å²) in [7, 11) is 3.45. The molecule has 0 aliphatic heterocycles. The van der Waals surface area contributed by atoms with E-state index in [4.69, 9.17) is 10.5 Å². The number of methoxy groups -OCH3 is 1. The molecule has 2 N–H and O–H groups in total. The Morgan fingerprint density at radius 2 is 2.06 bits per heavy atom. The molecule has 0 bridgehead atoms. The van der Waals surface area contributed by atoms with Gasteiger partial charge in [0.05, 0.1) is 12.8 Å². The maximum atomic E-state index is 13.2. The van der Waals surface area contributed by atoms with Crippen LogP contribution in [0.25, 0.3) is 0 Å². The molecule has 1 rings (SSSR count). The van der Waals surface area contributed by atoms with Gasteiger partial charge in [-0.15, -0.1) is 0 Å². The number of anilines is 1. The zero-order chi connectivity index (χ0) is 12.3. The van der Waals surface area contributed by atoms with Gasteiger partial charge in [0.1, 0.15) is 11.6 Å². The van der Waals surface area contributed by atoms with E-state index < -0.39 is 0 Å². The lowest BCUT2D eigenvalue weighted by molar-refractivity contribution is 0.407. The molecule has 0 saturated carbocycles. The van der Waals surface area contributed by atoms with Crippen molar-refractivity contribution in [3.63, 3.8) is 0 Å². The quantitative estimate of drug-likeness (QED) is 0.853. The monoisotopic (exact) mass is 226 g/mol. The molecule has 1 aromatic rings. The minimum Gasteiger partial charge on any atom is -0.495 e. The van der Waals surface area contributed by atoms with Crippen molar-refractivity contribution in [1.82, 2.24) is 0 Å². The predicted molar refractivity (Wildman–Crippen MR) is 64.5 cm³/mol. The molecule has 16 heavy (non-hydrogen) atoms. The molecule has 0 aliphatic carbocycles. The SMILES string of the molecule is COc1ccc(F)cc1N(C)C(C)(C)CN. The van der Waals surface area contributed by atoms with Gasteiger partial charge in [-0.25, -0.2) is 4.39 Å². The molecular formula is C12H19FN2O. The lowest BCUT2D eigenvalue weighted by Crippen LogP contribution is -2.47. The number of nitrogens with two attached hydrogens (primary N) is 1. The molecule has 0 heterocycles. The van der Waals surface area contributed by atoms with Crippen molar-refractivity contribution in [2.24, 2.45) is 5.73 Å². The summed E-state index contributed by atoms with van der Waals surface area (Å²) < 4.78 is 18.4. The van der Waals surface area contributed by atoms with E-state index in [1.165, 1.54) is 12.1 Å². The van der Waals surface area contributed by atoms with E-state index >= 15 is 0 Å². The van der Waals surface area contributed by atoms with E-state index in [9.17, 15) is 4.39 Å². The number of nitrogens with zero attached hydrogens (tertiary/aromatic N) is 1. The Labute approximate surface area is 96.0 Å². The number of rotatable bonds is 4. The van der Waals surface area contributed by atoms with E-state index in [0.717, 1.165) is 0 Å². The summed E-state index contributed by atoms with van der Waals surface area (Å²) in [5.74, 6) is 0.362. The lowest BCUT2D eigenvalue weighted by Gasteiger charge is -2.37. The van der Waals surface area contributed by atoms with Crippen LogP contribution in [0.5, 0.6) is 5.75 Å². The summed E-state index contributed by atoms with van der Waals surface area (Å²) in [6.07, 6.45) is 0. The van der Waals surface area contributed by atoms with Crippen LogP contribution in [0, 0.1) is 5.82 Å². The average molecular weight is 226 g/mol. The molecule has 0 unspecified atom stereocenters. The number of likely N-dealkylation sites (N-methyl/N-ethyl adjacent to an activating group) is 1. The second kappa shape index (κ2) is 4.70. The molecule has 0 aromatic heterocycles. The highest BCUT2D eigenvalue weighted by Gasteiger charge is 2.24. The van der Waals surface area contributed by atoms with Crippen LogP contribution in [0.15, 0.2) is 18.2 Å². The van der Waals surface area contributed by atoms with Crippen molar-refractivity contribution in [1.29, 1.82) is 0 Å². The highest BCUT2D eigenvalue weighted by molar-refractivity contribution is 5.59. The lowest BCUT2D eigenvalue weighted by atomic mass is 10.0. The van der Waals surface area contributed by atoms with Crippen molar-refractivity contribution in [2.75, 3.05) is 25.6 Å². The summed E-state index contributed by atoms with van der Waals surface area (Å²) in [5, 5.41) is 0. The maximum absolute atomic E-state index is 13.2. The Bertz CT molecular complexity index is 366. The van der Waals surface area contributed by atoms with E-state index in [2.05, 4.69) is 0 Å². The van der Waals surface area contributed by atoms with Crippen molar-refractivity contribution in [2.45, 2.75) is 19.4 Å². The first kappa shape index (κ1) is 12.8. The molecule has 0 saturated heterocycles. The second-order valence-electron chi connectivity index (χ2n) is 4.39. The largest absolute Gasteiger partial charge is 0.495 e. The molecule has 0 amide bonds. The van der Waals surface area contributed by atoms with Gasteiger partial charge < -0.3 is 15.4 Å². The Hall–Kier alpha value is -1.29. The van der Waals surface area contributed by atoms with E-state index in [0.29, 0.717) is 18.0 Å². The van der Waals surface area contributed by atoms with Crippen LogP contribution in [0.3, 0.4) is 0 Å². The third kappa shape index (κ3) is 2.44. The third-order valence-corrected chi connectivity index (χ3v) is 2.91. The highest BCUT2D eigenvalue weighted by atomic mass is 19.1. The van der Waals surface area contributed by atoms with Gasteiger partial charge in [-0.3, -0.25) is 0 Å². The molecule has 0 radical (unpaired) electrons. The minimum absolute atomic E-state index is 0.249. The Kier molecular flexibility index (Phi) is 3.75. The van der Waals surface area contributed by atoms with Crippen LogP contribution in [0.1, 0.15) is 13.8 Å². The van der Waals surface area contributed by atoms with Gasteiger partial charge in [0, 0.05) is 25.2 Å². The van der Waals surface area contributed by atoms with E-state index in [1.54, 1.807) is 13.2 Å². The number of hydrogen-bond acceptors (Lipinski definition) is 3. The van der Waals surface area contributed by atoms with E-state index in [-0.39, 0.29) is 11.4 Å². The van der Waals surface area contributed by atoms with Gasteiger partial charge in [0.2, 0.25) is 0 Å². The van der Waals surface area contributed by atoms with Gasteiger partial charge in [0.25, 0.3) is 0 Å². The van der Waals surface area contributed by atoms with Gasteiger partial charge in [0.15, 0.2) is 0 Å². The number of halogens is 1. The van der Waals surface area contributed by atoms with Gasteiger partial charge in [-0.2, -0.15) is 0 Å². The number of ether oxygens (including phenoxy) is 1. The van der Waals surface area contributed by atoms with Crippen LogP contribution >= 0.6 is 0 Å². The fourth-order valence-electron chi connectivity index (χ4n) is 1.39. The van der Waals surface area contributed by atoms with E-state index in [1.807, 2.05) is 25.8 Å². The van der Waals surface area contributed by atoms with Crippen molar-refractivity contribution < 1.29 is 9.13 Å². The summed E-state index contributed by atoms with van der Waals surface area (Å²) >= 11 is 0. The molecule has 90 valence electrons. The summed E-state index contributed by atoms with van der Waals surface area (Å²) in [5.41, 5.74) is 6.16. The number of hydrogen-bond donors (Lipinski definition) is 1. The molecule has 1 aromatic carbocycles. The van der Waals surface area contributed by atoms with Gasteiger partial charge in [-0.05, 0) is 26.0 Å². The Morgan fingerprint density at radius 1 is 1.44 bits per heavy atom. The van der Waals surface area contributed by atoms with Gasteiger partial charge >= 0.3 is 0 Å². The summed E-state index contributed by atoms with van der Waals surface area (Å²) in [4.78, 5) is 1.93. The topological polar surface area (TPSA) is 38.5 Å². The normalized spacial score (nSPS) is 11.4. The highest BCUT2D eigenvalue weighted by Crippen LogP contribution is 2.31. The van der Waals surface area contributed by atoms with Crippen LogP contribution in [0.4, 0.5) is 10.1 Å². The fourth-order valence-corrected chi connectivity index (χ4v) is 1.39. The zero-order valence-electron chi connectivity index (χ0n) is 10.2. The van der Waals surface area contributed by atoms with Crippen LogP contribution in [-0.2, 0) is 0 Å². The van der Waals surface area contributed by atoms with Crippen molar-refractivity contribution in [3.8, 4) is 5.75 Å². The fraction of sp³-hybridized carbons (Fsp3) is 0.500. The Morgan fingerprint density at radius 3 is 2.56 bits per heavy atom.